The van der Waals surface area contributed by atoms with Crippen molar-refractivity contribution in [2.24, 2.45) is 0 Å². The number of hydrogen-bond donors (Lipinski definition) is 1. The van der Waals surface area contributed by atoms with Gasteiger partial charge in [-0.25, -0.2) is 15.0 Å². The Hall–Kier alpha value is -1.20. The van der Waals surface area contributed by atoms with Crippen LogP contribution >= 0.6 is 22.9 Å². The third-order valence-corrected chi connectivity index (χ3v) is 2.68. The van der Waals surface area contributed by atoms with E-state index in [0.717, 1.165) is 10.0 Å². The number of thiazole rings is 1. The smallest absolute Gasteiger partial charge is 0.188 e. The quantitative estimate of drug-likeness (QED) is 0.820. The molecule has 0 bridgehead atoms. The number of rotatable bonds is 2. The van der Waals surface area contributed by atoms with E-state index in [1.807, 2.05) is 13.1 Å². The first-order valence-corrected chi connectivity index (χ1v) is 5.53. The van der Waals surface area contributed by atoms with Crippen molar-refractivity contribution in [1.82, 2.24) is 15.0 Å². The summed E-state index contributed by atoms with van der Waals surface area (Å²) in [6.45, 7) is 3.80. The van der Waals surface area contributed by atoms with Gasteiger partial charge >= 0.3 is 0 Å². The van der Waals surface area contributed by atoms with Gasteiger partial charge < -0.3 is 5.32 Å². The highest BCUT2D eigenvalue weighted by Gasteiger charge is 2.02. The van der Waals surface area contributed by atoms with Crippen molar-refractivity contribution in [3.63, 3.8) is 0 Å². The fourth-order valence-corrected chi connectivity index (χ4v) is 2.01. The van der Waals surface area contributed by atoms with E-state index in [4.69, 9.17) is 11.6 Å². The highest BCUT2D eigenvalue weighted by atomic mass is 35.5. The van der Waals surface area contributed by atoms with Gasteiger partial charge in [0.2, 0.25) is 0 Å². The Balaban J connectivity index is 2.24. The molecule has 0 aliphatic rings. The molecule has 2 aromatic heterocycles. The second-order valence-electron chi connectivity index (χ2n) is 3.02. The Morgan fingerprint density at radius 3 is 2.73 bits per heavy atom. The van der Waals surface area contributed by atoms with Crippen LogP contribution in [0.3, 0.4) is 0 Å². The lowest BCUT2D eigenvalue weighted by atomic mass is 10.5. The summed E-state index contributed by atoms with van der Waals surface area (Å²) < 4.78 is 0. The topological polar surface area (TPSA) is 50.7 Å². The number of nitrogens with zero attached hydrogens (tertiary/aromatic N) is 3. The van der Waals surface area contributed by atoms with Crippen LogP contribution in [0.4, 0.5) is 10.9 Å². The van der Waals surface area contributed by atoms with E-state index >= 15 is 0 Å². The summed E-state index contributed by atoms with van der Waals surface area (Å²) in [5, 5.41) is 4.31. The Bertz CT molecular complexity index is 462. The predicted octanol–water partition coefficient (Wildman–Crippen LogP) is 2.95. The van der Waals surface area contributed by atoms with E-state index in [-0.39, 0.29) is 0 Å². The molecule has 6 heteroatoms. The minimum Gasteiger partial charge on any atom is -0.316 e. The molecular formula is C9H9ClN4S. The average molecular weight is 241 g/mol. The van der Waals surface area contributed by atoms with E-state index in [2.05, 4.69) is 20.3 Å². The molecule has 2 heterocycles. The SMILES string of the molecule is Cc1nc(Cl)cc(Nc2ncc(C)s2)n1. The summed E-state index contributed by atoms with van der Waals surface area (Å²) >= 11 is 7.38. The molecule has 0 saturated heterocycles. The molecule has 2 aromatic rings. The summed E-state index contributed by atoms with van der Waals surface area (Å²) in [5.41, 5.74) is 0. The molecular weight excluding hydrogens is 232 g/mol. The van der Waals surface area contributed by atoms with Crippen molar-refractivity contribution in [1.29, 1.82) is 0 Å². The molecule has 0 aromatic carbocycles. The molecule has 0 aliphatic heterocycles. The van der Waals surface area contributed by atoms with Crippen molar-refractivity contribution in [3.8, 4) is 0 Å². The maximum Gasteiger partial charge on any atom is 0.188 e. The van der Waals surface area contributed by atoms with E-state index in [0.29, 0.717) is 16.8 Å². The van der Waals surface area contributed by atoms with Gasteiger partial charge in [-0.05, 0) is 13.8 Å². The van der Waals surface area contributed by atoms with E-state index < -0.39 is 0 Å². The molecule has 2 rings (SSSR count). The van der Waals surface area contributed by atoms with E-state index in [9.17, 15) is 0 Å². The largest absolute Gasteiger partial charge is 0.316 e. The molecule has 15 heavy (non-hydrogen) atoms. The first-order valence-electron chi connectivity index (χ1n) is 4.34. The Morgan fingerprint density at radius 2 is 2.13 bits per heavy atom. The zero-order valence-corrected chi connectivity index (χ0v) is 9.85. The van der Waals surface area contributed by atoms with Gasteiger partial charge in [-0.1, -0.05) is 11.6 Å². The van der Waals surface area contributed by atoms with Gasteiger partial charge in [0.25, 0.3) is 0 Å². The fraction of sp³-hybridized carbons (Fsp3) is 0.222. The van der Waals surface area contributed by atoms with Crippen LogP contribution in [0.5, 0.6) is 0 Å². The summed E-state index contributed by atoms with van der Waals surface area (Å²) in [6.07, 6.45) is 1.81. The summed E-state index contributed by atoms with van der Waals surface area (Å²) in [7, 11) is 0. The van der Waals surface area contributed by atoms with Gasteiger partial charge in [-0.3, -0.25) is 0 Å². The molecule has 0 fully saturated rings. The lowest BCUT2D eigenvalue weighted by Gasteiger charge is -2.02. The van der Waals surface area contributed by atoms with Crippen LogP contribution in [-0.4, -0.2) is 15.0 Å². The molecule has 78 valence electrons. The van der Waals surface area contributed by atoms with Gasteiger partial charge in [0.05, 0.1) is 0 Å². The first-order chi connectivity index (χ1) is 7.13. The minimum absolute atomic E-state index is 0.429. The first kappa shape index (κ1) is 10.3. The van der Waals surface area contributed by atoms with Crippen LogP contribution in [0.15, 0.2) is 12.3 Å². The van der Waals surface area contributed by atoms with Gasteiger partial charge in [-0.2, -0.15) is 0 Å². The zero-order chi connectivity index (χ0) is 10.8. The summed E-state index contributed by atoms with van der Waals surface area (Å²) in [6, 6.07) is 1.67. The second kappa shape index (κ2) is 4.12. The van der Waals surface area contributed by atoms with Crippen LogP contribution in [0.1, 0.15) is 10.7 Å². The Kier molecular flexibility index (Phi) is 2.83. The molecule has 0 radical (unpaired) electrons. The van der Waals surface area contributed by atoms with E-state index in [1.165, 1.54) is 0 Å². The number of aryl methyl sites for hydroxylation is 2. The zero-order valence-electron chi connectivity index (χ0n) is 8.28. The number of anilines is 2. The molecule has 0 saturated carbocycles. The molecule has 1 N–H and O–H groups in total. The highest BCUT2D eigenvalue weighted by molar-refractivity contribution is 7.15. The minimum atomic E-state index is 0.429. The third-order valence-electron chi connectivity index (χ3n) is 1.66. The lowest BCUT2D eigenvalue weighted by Crippen LogP contribution is -1.96. The van der Waals surface area contributed by atoms with Crippen molar-refractivity contribution in [2.75, 3.05) is 5.32 Å². The van der Waals surface area contributed by atoms with Crippen LogP contribution in [0.25, 0.3) is 0 Å². The number of hydrogen-bond acceptors (Lipinski definition) is 5. The molecule has 0 amide bonds. The van der Waals surface area contributed by atoms with Crippen molar-refractivity contribution < 1.29 is 0 Å². The number of halogens is 1. The standard InChI is InChI=1S/C9H9ClN4S/c1-5-4-11-9(15-5)14-8-3-7(10)12-6(2)13-8/h3-4H,1-2H3,(H,11,12,13,14). The van der Waals surface area contributed by atoms with Crippen LogP contribution < -0.4 is 5.32 Å². The van der Waals surface area contributed by atoms with Gasteiger partial charge in [0.15, 0.2) is 5.13 Å². The molecule has 0 atom stereocenters. The van der Waals surface area contributed by atoms with Crippen molar-refractivity contribution >= 4 is 33.9 Å². The fourth-order valence-electron chi connectivity index (χ4n) is 1.12. The van der Waals surface area contributed by atoms with Crippen molar-refractivity contribution in [3.05, 3.63) is 28.1 Å². The molecule has 0 aliphatic carbocycles. The lowest BCUT2D eigenvalue weighted by molar-refractivity contribution is 1.06. The van der Waals surface area contributed by atoms with Crippen LogP contribution in [-0.2, 0) is 0 Å². The summed E-state index contributed by atoms with van der Waals surface area (Å²) in [4.78, 5) is 13.5. The van der Waals surface area contributed by atoms with E-state index in [1.54, 1.807) is 24.3 Å². The Morgan fingerprint density at radius 1 is 1.33 bits per heavy atom. The second-order valence-corrected chi connectivity index (χ2v) is 4.65. The maximum absolute atomic E-state index is 5.81. The van der Waals surface area contributed by atoms with Crippen LogP contribution in [0, 0.1) is 13.8 Å². The molecule has 0 unspecified atom stereocenters. The number of aromatic nitrogens is 3. The normalized spacial score (nSPS) is 10.3. The molecule has 0 spiro atoms. The predicted molar refractivity (Wildman–Crippen MR) is 61.9 cm³/mol. The van der Waals surface area contributed by atoms with Gasteiger partial charge in [-0.15, -0.1) is 11.3 Å². The Labute approximate surface area is 96.4 Å². The van der Waals surface area contributed by atoms with Gasteiger partial charge in [0, 0.05) is 17.1 Å². The monoisotopic (exact) mass is 240 g/mol. The van der Waals surface area contributed by atoms with Crippen LogP contribution in [0.2, 0.25) is 5.15 Å². The maximum atomic E-state index is 5.81. The number of nitrogens with one attached hydrogen (secondary N) is 1. The van der Waals surface area contributed by atoms with Gasteiger partial charge in [0.1, 0.15) is 16.8 Å². The van der Waals surface area contributed by atoms with Crippen molar-refractivity contribution in [2.45, 2.75) is 13.8 Å². The average Bonchev–Trinajstić information content (AvgIpc) is 2.49. The molecule has 4 nitrogen and oxygen atoms in total. The summed E-state index contributed by atoms with van der Waals surface area (Å²) in [5.74, 6) is 1.31. The third kappa shape index (κ3) is 2.64. The highest BCUT2D eigenvalue weighted by Crippen LogP contribution is 2.21.